The summed E-state index contributed by atoms with van der Waals surface area (Å²) in [6.45, 7) is 1.91. The Kier molecular flexibility index (Phi) is 1.85. The molecule has 0 aliphatic heterocycles. The number of fused-ring (bicyclic) bond motifs is 1. The van der Waals surface area contributed by atoms with Crippen LogP contribution >= 0.6 is 0 Å². The van der Waals surface area contributed by atoms with Gasteiger partial charge in [-0.15, -0.1) is 0 Å². The van der Waals surface area contributed by atoms with Crippen LogP contribution in [-0.2, 0) is 0 Å². The highest BCUT2D eigenvalue weighted by Crippen LogP contribution is 2.08. The van der Waals surface area contributed by atoms with Crippen molar-refractivity contribution in [3.63, 3.8) is 0 Å². The molecule has 2 aromatic rings. The molecule has 3 N–H and O–H groups in total. The van der Waals surface area contributed by atoms with Crippen LogP contribution in [0.3, 0.4) is 0 Å². The van der Waals surface area contributed by atoms with Crippen molar-refractivity contribution in [2.75, 3.05) is 0 Å². The quantitative estimate of drug-likeness (QED) is 0.301. The molecule has 5 nitrogen and oxygen atoms in total. The van der Waals surface area contributed by atoms with Gasteiger partial charge >= 0.3 is 0 Å². The number of nitrogens with zero attached hydrogens (tertiary/aromatic N) is 3. The maximum absolute atomic E-state index is 8.51. The second kappa shape index (κ2) is 3.02. The van der Waals surface area contributed by atoms with Crippen molar-refractivity contribution in [1.29, 1.82) is 0 Å². The van der Waals surface area contributed by atoms with E-state index in [0.717, 1.165) is 11.2 Å². The van der Waals surface area contributed by atoms with E-state index in [1.54, 1.807) is 16.8 Å². The minimum absolute atomic E-state index is 0.103. The number of aromatic nitrogens is 2. The molecular weight excluding hydrogens is 180 g/mol. The van der Waals surface area contributed by atoms with Crippen molar-refractivity contribution in [2.24, 2.45) is 10.9 Å². The molecule has 0 atom stereocenters. The first kappa shape index (κ1) is 8.55. The highest BCUT2D eigenvalue weighted by molar-refractivity contribution is 5.97. The molecule has 2 rings (SSSR count). The second-order valence-corrected chi connectivity index (χ2v) is 3.06. The van der Waals surface area contributed by atoms with Crippen molar-refractivity contribution >= 4 is 11.4 Å². The zero-order chi connectivity index (χ0) is 10.1. The highest BCUT2D eigenvalue weighted by Gasteiger charge is 2.02. The molecule has 0 saturated heterocycles. The molecule has 2 aromatic heterocycles. The van der Waals surface area contributed by atoms with E-state index in [0.29, 0.717) is 5.56 Å². The van der Waals surface area contributed by atoms with Gasteiger partial charge in [-0.3, -0.25) is 0 Å². The van der Waals surface area contributed by atoms with Crippen LogP contribution in [0, 0.1) is 6.92 Å². The van der Waals surface area contributed by atoms with Gasteiger partial charge in [-0.25, -0.2) is 4.52 Å². The Labute approximate surface area is 80.5 Å². The van der Waals surface area contributed by atoms with Crippen molar-refractivity contribution in [3.8, 4) is 0 Å². The lowest BCUT2D eigenvalue weighted by atomic mass is 10.2. The van der Waals surface area contributed by atoms with Gasteiger partial charge < -0.3 is 10.9 Å². The third-order valence-electron chi connectivity index (χ3n) is 1.99. The third kappa shape index (κ3) is 1.28. The molecule has 0 aliphatic carbocycles. The predicted octanol–water partition coefficient (Wildman–Crippen LogP) is 0.737. The number of amidine groups is 1. The third-order valence-corrected chi connectivity index (χ3v) is 1.99. The zero-order valence-electron chi connectivity index (χ0n) is 7.68. The molecule has 5 heteroatoms. The Morgan fingerprint density at radius 1 is 1.57 bits per heavy atom. The van der Waals surface area contributed by atoms with E-state index in [4.69, 9.17) is 10.9 Å². The maximum Gasteiger partial charge on any atom is 0.170 e. The van der Waals surface area contributed by atoms with Crippen LogP contribution in [0.2, 0.25) is 0 Å². The molecule has 0 bridgehead atoms. The number of rotatable bonds is 1. The summed E-state index contributed by atoms with van der Waals surface area (Å²) in [6.07, 6.45) is 1.77. The van der Waals surface area contributed by atoms with Crippen molar-refractivity contribution < 1.29 is 5.21 Å². The lowest BCUT2D eigenvalue weighted by molar-refractivity contribution is 0.318. The van der Waals surface area contributed by atoms with Gasteiger partial charge in [0.1, 0.15) is 0 Å². The SMILES string of the molecule is Cc1cc2cc(/C(N)=N\O)ccn2n1. The molecule has 0 aliphatic rings. The number of hydrogen-bond donors (Lipinski definition) is 2. The van der Waals surface area contributed by atoms with Gasteiger partial charge in [0.25, 0.3) is 0 Å². The van der Waals surface area contributed by atoms with Gasteiger partial charge in [-0.1, -0.05) is 5.16 Å². The molecule has 14 heavy (non-hydrogen) atoms. The summed E-state index contributed by atoms with van der Waals surface area (Å²) in [5, 5.41) is 15.7. The lowest BCUT2D eigenvalue weighted by Gasteiger charge is -1.98. The molecule has 0 aromatic carbocycles. The Balaban J connectivity index is 2.61. The molecule has 0 amide bonds. The Hall–Kier alpha value is -2.04. The molecule has 0 unspecified atom stereocenters. The summed E-state index contributed by atoms with van der Waals surface area (Å²) in [5.74, 6) is 0.103. The fourth-order valence-electron chi connectivity index (χ4n) is 1.34. The maximum atomic E-state index is 8.51. The molecule has 0 spiro atoms. The van der Waals surface area contributed by atoms with Crippen LogP contribution in [0.25, 0.3) is 5.52 Å². The fourth-order valence-corrected chi connectivity index (χ4v) is 1.34. The summed E-state index contributed by atoms with van der Waals surface area (Å²) in [5.41, 5.74) is 8.00. The van der Waals surface area contributed by atoms with Crippen molar-refractivity contribution in [1.82, 2.24) is 9.61 Å². The van der Waals surface area contributed by atoms with Crippen molar-refractivity contribution in [3.05, 3.63) is 35.7 Å². The van der Waals surface area contributed by atoms with Gasteiger partial charge in [0, 0.05) is 11.8 Å². The van der Waals surface area contributed by atoms with Gasteiger partial charge in [0.05, 0.1) is 11.2 Å². The summed E-state index contributed by atoms with van der Waals surface area (Å²) in [7, 11) is 0. The molecular formula is C9H10N4O. The number of aryl methyl sites for hydroxylation is 1. The Morgan fingerprint density at radius 3 is 3.07 bits per heavy atom. The number of nitrogens with two attached hydrogens (primary N) is 1. The van der Waals surface area contributed by atoms with E-state index in [9.17, 15) is 0 Å². The number of hydrogen-bond acceptors (Lipinski definition) is 3. The van der Waals surface area contributed by atoms with Gasteiger partial charge in [0.2, 0.25) is 0 Å². The summed E-state index contributed by atoms with van der Waals surface area (Å²) in [6, 6.07) is 5.48. The minimum Gasteiger partial charge on any atom is -0.409 e. The molecule has 72 valence electrons. The van der Waals surface area contributed by atoms with Crippen LogP contribution in [0.4, 0.5) is 0 Å². The van der Waals surface area contributed by atoms with E-state index >= 15 is 0 Å². The Morgan fingerprint density at radius 2 is 2.36 bits per heavy atom. The molecule has 0 radical (unpaired) electrons. The van der Waals surface area contributed by atoms with Gasteiger partial charge in [-0.05, 0) is 25.1 Å². The van der Waals surface area contributed by atoms with E-state index in [-0.39, 0.29) is 5.84 Å². The van der Waals surface area contributed by atoms with E-state index < -0.39 is 0 Å². The molecule has 0 saturated carbocycles. The van der Waals surface area contributed by atoms with E-state index in [1.165, 1.54) is 0 Å². The van der Waals surface area contributed by atoms with Gasteiger partial charge in [-0.2, -0.15) is 5.10 Å². The molecule has 0 fully saturated rings. The predicted molar refractivity (Wildman–Crippen MR) is 52.4 cm³/mol. The van der Waals surface area contributed by atoms with Crippen LogP contribution in [0.15, 0.2) is 29.6 Å². The van der Waals surface area contributed by atoms with Crippen LogP contribution in [-0.4, -0.2) is 20.7 Å². The first-order valence-electron chi connectivity index (χ1n) is 4.14. The molecule has 2 heterocycles. The average Bonchev–Trinajstić information content (AvgIpc) is 2.55. The first-order chi connectivity index (χ1) is 6.70. The smallest absolute Gasteiger partial charge is 0.170 e. The highest BCUT2D eigenvalue weighted by atomic mass is 16.4. The number of pyridine rings is 1. The van der Waals surface area contributed by atoms with Crippen LogP contribution in [0.5, 0.6) is 0 Å². The topological polar surface area (TPSA) is 75.9 Å². The summed E-state index contributed by atoms with van der Waals surface area (Å²) < 4.78 is 1.74. The fraction of sp³-hybridized carbons (Fsp3) is 0.111. The minimum atomic E-state index is 0.103. The van der Waals surface area contributed by atoms with E-state index in [1.807, 2.05) is 19.1 Å². The summed E-state index contributed by atoms with van der Waals surface area (Å²) in [4.78, 5) is 0. The average molecular weight is 190 g/mol. The van der Waals surface area contributed by atoms with Crippen molar-refractivity contribution in [2.45, 2.75) is 6.92 Å². The number of oxime groups is 1. The largest absolute Gasteiger partial charge is 0.409 e. The zero-order valence-corrected chi connectivity index (χ0v) is 7.68. The monoisotopic (exact) mass is 190 g/mol. The first-order valence-corrected chi connectivity index (χ1v) is 4.14. The van der Waals surface area contributed by atoms with Gasteiger partial charge in [0.15, 0.2) is 5.84 Å². The standard InChI is InChI=1S/C9H10N4O/c1-6-4-8-5-7(9(10)12-14)2-3-13(8)11-6/h2-5,14H,1H3,(H2,10,12). The summed E-state index contributed by atoms with van der Waals surface area (Å²) >= 11 is 0. The van der Waals surface area contributed by atoms with Crippen LogP contribution < -0.4 is 5.73 Å². The normalized spacial score (nSPS) is 12.2. The Bertz CT molecular complexity index is 500. The van der Waals surface area contributed by atoms with Crippen LogP contribution in [0.1, 0.15) is 11.3 Å². The van der Waals surface area contributed by atoms with E-state index in [2.05, 4.69) is 10.3 Å². The second-order valence-electron chi connectivity index (χ2n) is 3.06. The lowest BCUT2D eigenvalue weighted by Crippen LogP contribution is -2.13.